The highest BCUT2D eigenvalue weighted by Gasteiger charge is 2.32. The van der Waals surface area contributed by atoms with Crippen LogP contribution in [0.5, 0.6) is 11.5 Å². The number of halogens is 4. The molecule has 0 amide bonds. The molecule has 0 radical (unpaired) electrons. The number of carboxylic acid groups (broad SMARTS) is 1. The first kappa shape index (κ1) is 26.1. The van der Waals surface area contributed by atoms with E-state index in [1.54, 1.807) is 19.9 Å². The van der Waals surface area contributed by atoms with Crippen molar-refractivity contribution >= 4 is 40.9 Å². The van der Waals surface area contributed by atoms with Crippen LogP contribution in [0.25, 0.3) is 11.4 Å². The Labute approximate surface area is 207 Å². The first-order valence-electron chi connectivity index (χ1n) is 9.88. The van der Waals surface area contributed by atoms with Crippen LogP contribution in [0.15, 0.2) is 41.3 Å². The molecule has 6 nitrogen and oxygen atoms in total. The molecule has 3 aromatic rings. The fourth-order valence-electron chi connectivity index (χ4n) is 2.72. The van der Waals surface area contributed by atoms with E-state index in [1.807, 2.05) is 19.1 Å². The Balaban J connectivity index is 1.58. The fourth-order valence-corrected chi connectivity index (χ4v) is 4.57. The smallest absolute Gasteiger partial charge is 0.493 e. The average molecular weight is 533 g/mol. The Morgan fingerprint density at radius 3 is 2.56 bits per heavy atom. The summed E-state index contributed by atoms with van der Waals surface area (Å²) in [6.45, 7) is 5.53. The van der Waals surface area contributed by atoms with Gasteiger partial charge in [-0.3, -0.25) is 4.79 Å². The first-order valence-corrected chi connectivity index (χ1v) is 11.8. The highest BCUT2D eigenvalue weighted by molar-refractivity contribution is 8.01. The Kier molecular flexibility index (Phi) is 7.99. The van der Waals surface area contributed by atoms with Gasteiger partial charge in [0, 0.05) is 16.9 Å². The molecule has 1 heterocycles. The highest BCUT2D eigenvalue weighted by atomic mass is 35.5. The minimum Gasteiger partial charge on any atom is -0.493 e. The lowest BCUT2D eigenvalue weighted by molar-refractivity contribution is -0.274. The van der Waals surface area contributed by atoms with E-state index in [0.29, 0.717) is 35.2 Å². The second-order valence-corrected chi connectivity index (χ2v) is 10.6. The SMILES string of the molecule is Cc1cc(OCCc2nc(-c3ccc(OC(F)(F)F)c(Cl)c3)ns2)ccc1SC(C)(C)C(=O)O. The summed E-state index contributed by atoms with van der Waals surface area (Å²) in [7, 11) is 0. The van der Waals surface area contributed by atoms with Crippen molar-refractivity contribution in [3.63, 3.8) is 0 Å². The van der Waals surface area contributed by atoms with Crippen molar-refractivity contribution in [3.8, 4) is 22.9 Å². The molecule has 182 valence electrons. The van der Waals surface area contributed by atoms with Crippen LogP contribution in [0.3, 0.4) is 0 Å². The van der Waals surface area contributed by atoms with Crippen molar-refractivity contribution in [2.75, 3.05) is 6.61 Å². The van der Waals surface area contributed by atoms with E-state index in [0.717, 1.165) is 28.1 Å². The number of aryl methyl sites for hydroxylation is 1. The van der Waals surface area contributed by atoms with Crippen molar-refractivity contribution < 1.29 is 32.5 Å². The molecule has 0 saturated carbocycles. The lowest BCUT2D eigenvalue weighted by Gasteiger charge is -2.20. The van der Waals surface area contributed by atoms with Gasteiger partial charge >= 0.3 is 12.3 Å². The third-order valence-corrected chi connectivity index (χ3v) is 6.92. The van der Waals surface area contributed by atoms with Crippen molar-refractivity contribution in [2.24, 2.45) is 0 Å². The molecule has 0 spiro atoms. The Morgan fingerprint density at radius 1 is 1.21 bits per heavy atom. The molecule has 0 aliphatic carbocycles. The summed E-state index contributed by atoms with van der Waals surface area (Å²) in [5.41, 5.74) is 1.38. The van der Waals surface area contributed by atoms with Crippen LogP contribution in [0.1, 0.15) is 24.4 Å². The molecular weight excluding hydrogens is 513 g/mol. The van der Waals surface area contributed by atoms with Crippen LogP contribution in [0.2, 0.25) is 5.02 Å². The zero-order valence-electron chi connectivity index (χ0n) is 18.3. The number of aromatic nitrogens is 2. The molecule has 0 bridgehead atoms. The summed E-state index contributed by atoms with van der Waals surface area (Å²) in [5.74, 6) is -0.389. The van der Waals surface area contributed by atoms with Gasteiger partial charge < -0.3 is 14.6 Å². The zero-order chi connectivity index (χ0) is 25.1. The number of carboxylic acids is 1. The van der Waals surface area contributed by atoms with Crippen LogP contribution in [-0.4, -0.2) is 38.1 Å². The van der Waals surface area contributed by atoms with Crippen LogP contribution in [0, 0.1) is 6.92 Å². The first-order chi connectivity index (χ1) is 15.8. The molecule has 12 heteroatoms. The quantitative estimate of drug-likeness (QED) is 0.309. The van der Waals surface area contributed by atoms with Crippen molar-refractivity contribution in [1.82, 2.24) is 9.36 Å². The number of hydrogen-bond donors (Lipinski definition) is 1. The van der Waals surface area contributed by atoms with Crippen LogP contribution >= 0.6 is 34.9 Å². The number of carbonyl (C=O) groups is 1. The van der Waals surface area contributed by atoms with Gasteiger partial charge in [0.05, 0.1) is 11.6 Å². The molecule has 0 aliphatic rings. The maximum absolute atomic E-state index is 12.4. The lowest BCUT2D eigenvalue weighted by Crippen LogP contribution is -2.27. The van der Waals surface area contributed by atoms with E-state index >= 15 is 0 Å². The van der Waals surface area contributed by atoms with Crippen molar-refractivity contribution in [2.45, 2.75) is 43.2 Å². The van der Waals surface area contributed by atoms with Crippen LogP contribution in [0.4, 0.5) is 13.2 Å². The second-order valence-electron chi connectivity index (χ2n) is 7.65. The summed E-state index contributed by atoms with van der Waals surface area (Å²) < 4.78 is 50.1. The summed E-state index contributed by atoms with van der Waals surface area (Å²) >= 11 is 8.32. The molecule has 0 unspecified atom stereocenters. The van der Waals surface area contributed by atoms with E-state index in [-0.39, 0.29) is 5.02 Å². The number of aliphatic carboxylic acids is 1. The summed E-state index contributed by atoms with van der Waals surface area (Å²) in [6.07, 6.45) is -4.35. The van der Waals surface area contributed by atoms with Gasteiger partial charge in [-0.2, -0.15) is 4.37 Å². The normalized spacial score (nSPS) is 12.0. The largest absolute Gasteiger partial charge is 0.573 e. The molecule has 2 aromatic carbocycles. The number of nitrogens with zero attached hydrogens (tertiary/aromatic N) is 2. The van der Waals surface area contributed by atoms with Gasteiger partial charge in [-0.15, -0.1) is 24.9 Å². The van der Waals surface area contributed by atoms with Gasteiger partial charge in [-0.25, -0.2) is 4.98 Å². The number of ether oxygens (including phenoxy) is 2. The summed E-state index contributed by atoms with van der Waals surface area (Å²) in [4.78, 5) is 16.6. The molecular formula is C22H20ClF3N2O4S2. The summed E-state index contributed by atoms with van der Waals surface area (Å²) in [5, 5.41) is 9.80. The number of hydrogen-bond acceptors (Lipinski definition) is 7. The molecule has 0 atom stereocenters. The van der Waals surface area contributed by atoms with E-state index in [2.05, 4.69) is 14.1 Å². The van der Waals surface area contributed by atoms with Gasteiger partial charge in [0.15, 0.2) is 5.82 Å². The summed E-state index contributed by atoms with van der Waals surface area (Å²) in [6, 6.07) is 9.31. The van der Waals surface area contributed by atoms with E-state index < -0.39 is 22.8 Å². The van der Waals surface area contributed by atoms with Gasteiger partial charge in [-0.05, 0) is 74.3 Å². The fraction of sp³-hybridized carbons (Fsp3) is 0.318. The average Bonchev–Trinajstić information content (AvgIpc) is 3.19. The molecule has 1 N–H and O–H groups in total. The number of thioether (sulfide) groups is 1. The minimum atomic E-state index is -4.83. The maximum atomic E-state index is 12.4. The molecule has 0 fully saturated rings. The second kappa shape index (κ2) is 10.4. The number of benzene rings is 2. The molecule has 3 rings (SSSR count). The Hall–Kier alpha value is -2.50. The maximum Gasteiger partial charge on any atom is 0.573 e. The van der Waals surface area contributed by atoms with E-state index in [1.165, 1.54) is 23.9 Å². The highest BCUT2D eigenvalue weighted by Crippen LogP contribution is 2.36. The molecule has 0 aliphatic heterocycles. The van der Waals surface area contributed by atoms with E-state index in [4.69, 9.17) is 16.3 Å². The predicted octanol–water partition coefficient (Wildman–Crippen LogP) is 6.64. The van der Waals surface area contributed by atoms with E-state index in [9.17, 15) is 23.1 Å². The van der Waals surface area contributed by atoms with Crippen LogP contribution < -0.4 is 9.47 Å². The van der Waals surface area contributed by atoms with Gasteiger partial charge in [0.2, 0.25) is 0 Å². The van der Waals surface area contributed by atoms with Crippen molar-refractivity contribution in [3.05, 3.63) is 52.0 Å². The Bertz CT molecular complexity index is 1190. The Morgan fingerprint density at radius 2 is 1.94 bits per heavy atom. The van der Waals surface area contributed by atoms with Gasteiger partial charge in [-0.1, -0.05) is 11.6 Å². The minimum absolute atomic E-state index is 0.196. The van der Waals surface area contributed by atoms with Gasteiger partial charge in [0.1, 0.15) is 21.3 Å². The zero-order valence-corrected chi connectivity index (χ0v) is 20.7. The monoisotopic (exact) mass is 532 g/mol. The molecule has 0 saturated heterocycles. The standard InChI is InChI=1S/C22H20ClF3N2O4S2/c1-12-10-14(5-7-17(12)33-21(2,3)20(29)30)31-9-8-18-27-19(28-34-18)13-4-6-16(15(23)11-13)32-22(24,25)26/h4-7,10-11H,8-9H2,1-3H3,(H,29,30). The predicted molar refractivity (Wildman–Crippen MR) is 125 cm³/mol. The molecule has 34 heavy (non-hydrogen) atoms. The topological polar surface area (TPSA) is 81.5 Å². The third-order valence-electron chi connectivity index (χ3n) is 4.50. The van der Waals surface area contributed by atoms with Crippen LogP contribution in [-0.2, 0) is 11.2 Å². The third kappa shape index (κ3) is 7.00. The van der Waals surface area contributed by atoms with Crippen molar-refractivity contribution in [1.29, 1.82) is 0 Å². The number of alkyl halides is 3. The molecule has 1 aromatic heterocycles. The number of rotatable bonds is 9. The lowest BCUT2D eigenvalue weighted by atomic mass is 10.2. The van der Waals surface area contributed by atoms with Gasteiger partial charge in [0.25, 0.3) is 0 Å².